The van der Waals surface area contributed by atoms with Gasteiger partial charge in [-0.1, -0.05) is 23.7 Å². The molecule has 1 aromatic rings. The number of β-amino-alcohol motifs (C(OH)–C–C–N with tert-alkyl or cyclic N) is 1. The maximum absolute atomic E-state index is 12.3. The average molecular weight is 269 g/mol. The van der Waals surface area contributed by atoms with Crippen LogP contribution in [0.5, 0.6) is 0 Å². The molecule has 1 N–H and O–H groups in total. The monoisotopic (exact) mass is 268 g/mol. The molecule has 0 spiro atoms. The standard InChI is InChI=1S/C13H17ClN2O2/c14-12-4-2-1-3-11(12)13(18)16-7-5-15(6-8-16)9-10-17/h1-4,17H,5-10H2. The van der Waals surface area contributed by atoms with Gasteiger partial charge in [0, 0.05) is 32.7 Å². The summed E-state index contributed by atoms with van der Waals surface area (Å²) in [7, 11) is 0. The molecule has 0 bridgehead atoms. The second kappa shape index (κ2) is 6.18. The molecule has 1 saturated heterocycles. The SMILES string of the molecule is O=C(c1ccccc1Cl)N1CCN(CCO)CC1. The molecule has 0 radical (unpaired) electrons. The third kappa shape index (κ3) is 3.02. The van der Waals surface area contributed by atoms with Crippen molar-refractivity contribution in [3.8, 4) is 0 Å². The van der Waals surface area contributed by atoms with Crippen LogP contribution in [0.3, 0.4) is 0 Å². The molecule has 98 valence electrons. The van der Waals surface area contributed by atoms with Gasteiger partial charge in [-0.25, -0.2) is 0 Å². The van der Waals surface area contributed by atoms with Crippen LogP contribution >= 0.6 is 11.6 Å². The lowest BCUT2D eigenvalue weighted by atomic mass is 10.2. The molecule has 0 unspecified atom stereocenters. The van der Waals surface area contributed by atoms with E-state index < -0.39 is 0 Å². The number of rotatable bonds is 3. The fourth-order valence-corrected chi connectivity index (χ4v) is 2.34. The van der Waals surface area contributed by atoms with Gasteiger partial charge in [-0.05, 0) is 12.1 Å². The van der Waals surface area contributed by atoms with Crippen LogP contribution in [0.2, 0.25) is 5.02 Å². The number of hydrogen-bond acceptors (Lipinski definition) is 3. The highest BCUT2D eigenvalue weighted by atomic mass is 35.5. The summed E-state index contributed by atoms with van der Waals surface area (Å²) >= 11 is 6.03. The Morgan fingerprint density at radius 3 is 2.50 bits per heavy atom. The lowest BCUT2D eigenvalue weighted by Gasteiger charge is -2.34. The van der Waals surface area contributed by atoms with Gasteiger partial charge in [0.15, 0.2) is 0 Å². The summed E-state index contributed by atoms with van der Waals surface area (Å²) in [5.74, 6) is -0.00996. The molecule has 1 amide bonds. The molecule has 2 rings (SSSR count). The number of hydrogen-bond donors (Lipinski definition) is 1. The third-order valence-electron chi connectivity index (χ3n) is 3.18. The number of aliphatic hydroxyl groups excluding tert-OH is 1. The highest BCUT2D eigenvalue weighted by molar-refractivity contribution is 6.33. The van der Waals surface area contributed by atoms with Crippen LogP contribution in [0, 0.1) is 0 Å². The second-order valence-corrected chi connectivity index (χ2v) is 4.74. The van der Waals surface area contributed by atoms with E-state index >= 15 is 0 Å². The number of carbonyl (C=O) groups excluding carboxylic acids is 1. The largest absolute Gasteiger partial charge is 0.395 e. The lowest BCUT2D eigenvalue weighted by Crippen LogP contribution is -2.49. The van der Waals surface area contributed by atoms with Crippen molar-refractivity contribution in [3.05, 3.63) is 34.9 Å². The molecule has 1 aliphatic heterocycles. The predicted molar refractivity (Wildman–Crippen MR) is 70.9 cm³/mol. The zero-order chi connectivity index (χ0) is 13.0. The van der Waals surface area contributed by atoms with Crippen molar-refractivity contribution in [2.75, 3.05) is 39.3 Å². The highest BCUT2D eigenvalue weighted by Crippen LogP contribution is 2.17. The number of piperazine rings is 1. The number of nitrogens with zero attached hydrogens (tertiary/aromatic N) is 2. The van der Waals surface area contributed by atoms with E-state index in [9.17, 15) is 4.79 Å². The molecule has 1 aliphatic rings. The first-order valence-corrected chi connectivity index (χ1v) is 6.47. The van der Waals surface area contributed by atoms with Gasteiger partial charge >= 0.3 is 0 Å². The van der Waals surface area contributed by atoms with Gasteiger partial charge in [0.1, 0.15) is 0 Å². The number of carbonyl (C=O) groups is 1. The first kappa shape index (κ1) is 13.3. The predicted octanol–water partition coefficient (Wildman–Crippen LogP) is 1.09. The molecule has 0 saturated carbocycles. The molecule has 1 fully saturated rings. The average Bonchev–Trinajstić information content (AvgIpc) is 2.40. The normalized spacial score (nSPS) is 16.9. The van der Waals surface area contributed by atoms with Crippen molar-refractivity contribution in [2.45, 2.75) is 0 Å². The van der Waals surface area contributed by atoms with Gasteiger partial charge in [0.05, 0.1) is 17.2 Å². The Kier molecular flexibility index (Phi) is 4.58. The minimum atomic E-state index is -0.00996. The maximum atomic E-state index is 12.3. The van der Waals surface area contributed by atoms with Gasteiger partial charge in [-0.15, -0.1) is 0 Å². The first-order chi connectivity index (χ1) is 8.72. The van der Waals surface area contributed by atoms with Crippen LogP contribution < -0.4 is 0 Å². The van der Waals surface area contributed by atoms with E-state index in [1.54, 1.807) is 12.1 Å². The zero-order valence-electron chi connectivity index (χ0n) is 10.2. The van der Waals surface area contributed by atoms with E-state index in [0.29, 0.717) is 30.2 Å². The van der Waals surface area contributed by atoms with E-state index in [-0.39, 0.29) is 12.5 Å². The summed E-state index contributed by atoms with van der Waals surface area (Å²) in [5, 5.41) is 9.37. The van der Waals surface area contributed by atoms with E-state index in [4.69, 9.17) is 16.7 Å². The zero-order valence-corrected chi connectivity index (χ0v) is 10.9. The van der Waals surface area contributed by atoms with Gasteiger partial charge < -0.3 is 10.0 Å². The second-order valence-electron chi connectivity index (χ2n) is 4.34. The van der Waals surface area contributed by atoms with Crippen LogP contribution in [0.25, 0.3) is 0 Å². The van der Waals surface area contributed by atoms with Gasteiger partial charge in [-0.2, -0.15) is 0 Å². The molecule has 4 nitrogen and oxygen atoms in total. The number of benzene rings is 1. The fourth-order valence-electron chi connectivity index (χ4n) is 2.12. The van der Waals surface area contributed by atoms with Crippen molar-refractivity contribution < 1.29 is 9.90 Å². The van der Waals surface area contributed by atoms with Gasteiger partial charge in [0.2, 0.25) is 0 Å². The highest BCUT2D eigenvalue weighted by Gasteiger charge is 2.22. The van der Waals surface area contributed by atoms with Crippen LogP contribution in [0.15, 0.2) is 24.3 Å². The molecule has 0 aromatic heterocycles. The molecule has 1 heterocycles. The molecule has 1 aromatic carbocycles. The Hall–Kier alpha value is -1.10. The van der Waals surface area contributed by atoms with Gasteiger partial charge in [0.25, 0.3) is 5.91 Å². The fraction of sp³-hybridized carbons (Fsp3) is 0.462. The third-order valence-corrected chi connectivity index (χ3v) is 3.51. The smallest absolute Gasteiger partial charge is 0.255 e. The van der Waals surface area contributed by atoms with E-state index in [2.05, 4.69) is 4.90 Å². The van der Waals surface area contributed by atoms with Crippen molar-refractivity contribution >= 4 is 17.5 Å². The Labute approximate surface area is 112 Å². The van der Waals surface area contributed by atoms with Crippen LogP contribution in [0.4, 0.5) is 0 Å². The van der Waals surface area contributed by atoms with Crippen molar-refractivity contribution in [1.82, 2.24) is 9.80 Å². The molecule has 18 heavy (non-hydrogen) atoms. The summed E-state index contributed by atoms with van der Waals surface area (Å²) in [6, 6.07) is 7.13. The molecule has 0 atom stereocenters. The Morgan fingerprint density at radius 2 is 1.89 bits per heavy atom. The quantitative estimate of drug-likeness (QED) is 0.893. The molecule has 0 aliphatic carbocycles. The van der Waals surface area contributed by atoms with Gasteiger partial charge in [-0.3, -0.25) is 9.69 Å². The Bertz CT molecular complexity index is 417. The summed E-state index contributed by atoms with van der Waals surface area (Å²) in [5.41, 5.74) is 0.565. The van der Waals surface area contributed by atoms with Crippen molar-refractivity contribution in [2.24, 2.45) is 0 Å². The Morgan fingerprint density at radius 1 is 1.22 bits per heavy atom. The summed E-state index contributed by atoms with van der Waals surface area (Å²) in [6.07, 6.45) is 0. The molecular weight excluding hydrogens is 252 g/mol. The van der Waals surface area contributed by atoms with Crippen LogP contribution in [-0.4, -0.2) is 60.1 Å². The number of halogens is 1. The minimum Gasteiger partial charge on any atom is -0.395 e. The van der Waals surface area contributed by atoms with E-state index in [1.165, 1.54) is 0 Å². The van der Waals surface area contributed by atoms with Crippen LogP contribution in [0.1, 0.15) is 10.4 Å². The van der Waals surface area contributed by atoms with Crippen molar-refractivity contribution in [3.63, 3.8) is 0 Å². The summed E-state index contributed by atoms with van der Waals surface area (Å²) in [6.45, 7) is 3.81. The lowest BCUT2D eigenvalue weighted by molar-refractivity contribution is 0.0615. The topological polar surface area (TPSA) is 43.8 Å². The summed E-state index contributed by atoms with van der Waals surface area (Å²) in [4.78, 5) is 16.2. The van der Waals surface area contributed by atoms with E-state index in [1.807, 2.05) is 17.0 Å². The molecule has 5 heteroatoms. The van der Waals surface area contributed by atoms with Crippen molar-refractivity contribution in [1.29, 1.82) is 0 Å². The number of aliphatic hydroxyl groups is 1. The summed E-state index contributed by atoms with van der Waals surface area (Å²) < 4.78 is 0. The number of amides is 1. The Balaban J connectivity index is 1.98. The molecular formula is C13H17ClN2O2. The first-order valence-electron chi connectivity index (χ1n) is 6.09. The van der Waals surface area contributed by atoms with E-state index in [0.717, 1.165) is 13.1 Å². The van der Waals surface area contributed by atoms with Crippen LogP contribution in [-0.2, 0) is 0 Å². The maximum Gasteiger partial charge on any atom is 0.255 e. The minimum absolute atomic E-state index is 0.00996.